The fourth-order valence-corrected chi connectivity index (χ4v) is 3.57. The molecule has 0 bridgehead atoms. The molecule has 3 atom stereocenters. The number of hydrogen-bond acceptors (Lipinski definition) is 4. The van der Waals surface area contributed by atoms with Crippen molar-refractivity contribution >= 4 is 0 Å². The number of aromatic nitrogens is 2. The summed E-state index contributed by atoms with van der Waals surface area (Å²) < 4.78 is 5.07. The molecule has 98 valence electrons. The molecule has 4 nitrogen and oxygen atoms in total. The molecule has 0 aliphatic heterocycles. The molecular formula is C14H20N2O2. The smallest absolute Gasteiger partial charge is 0.216 e. The number of methoxy groups -OCH3 is 1. The van der Waals surface area contributed by atoms with Crippen LogP contribution < -0.4 is 4.74 Å². The van der Waals surface area contributed by atoms with Crippen molar-refractivity contribution < 1.29 is 9.84 Å². The van der Waals surface area contributed by atoms with E-state index in [1.54, 1.807) is 7.11 Å². The average molecular weight is 248 g/mol. The largest absolute Gasteiger partial charge is 0.481 e. The predicted octanol–water partition coefficient (Wildman–Crippen LogP) is 1.82. The molecule has 2 aliphatic rings. The number of aliphatic hydroxyl groups excluding tert-OH is 1. The van der Waals surface area contributed by atoms with Crippen molar-refractivity contribution in [3.8, 4) is 5.88 Å². The van der Waals surface area contributed by atoms with E-state index in [1.807, 2.05) is 6.07 Å². The van der Waals surface area contributed by atoms with Crippen LogP contribution in [-0.2, 0) is 6.42 Å². The lowest BCUT2D eigenvalue weighted by Crippen LogP contribution is -2.16. The highest BCUT2D eigenvalue weighted by molar-refractivity contribution is 5.15. The molecule has 18 heavy (non-hydrogen) atoms. The Bertz CT molecular complexity index is 412. The minimum Gasteiger partial charge on any atom is -0.481 e. The van der Waals surface area contributed by atoms with Gasteiger partial charge in [0.25, 0.3) is 0 Å². The first-order valence-corrected chi connectivity index (χ1v) is 6.82. The molecule has 3 rings (SSSR count). The number of rotatable bonds is 4. The maximum absolute atomic E-state index is 10.3. The Labute approximate surface area is 107 Å². The Kier molecular flexibility index (Phi) is 3.20. The van der Waals surface area contributed by atoms with Gasteiger partial charge in [-0.25, -0.2) is 9.97 Å². The van der Waals surface area contributed by atoms with Gasteiger partial charge < -0.3 is 9.84 Å². The number of fused-ring (bicyclic) bond motifs is 1. The fraction of sp³-hybridized carbons (Fsp3) is 0.714. The Morgan fingerprint density at radius 1 is 1.33 bits per heavy atom. The van der Waals surface area contributed by atoms with Gasteiger partial charge >= 0.3 is 0 Å². The van der Waals surface area contributed by atoms with Crippen molar-refractivity contribution in [2.24, 2.45) is 17.8 Å². The average Bonchev–Trinajstić information content (AvgIpc) is 3.13. The van der Waals surface area contributed by atoms with Crippen molar-refractivity contribution in [3.63, 3.8) is 0 Å². The molecule has 0 amide bonds. The highest BCUT2D eigenvalue weighted by atomic mass is 16.5. The van der Waals surface area contributed by atoms with E-state index in [2.05, 4.69) is 9.97 Å². The Morgan fingerprint density at radius 2 is 2.06 bits per heavy atom. The molecule has 1 heterocycles. The van der Waals surface area contributed by atoms with Crippen LogP contribution in [0, 0.1) is 17.8 Å². The molecular weight excluding hydrogens is 228 g/mol. The van der Waals surface area contributed by atoms with Gasteiger partial charge in [-0.1, -0.05) is 12.8 Å². The van der Waals surface area contributed by atoms with E-state index in [0.29, 0.717) is 18.2 Å². The first-order valence-electron chi connectivity index (χ1n) is 6.82. The zero-order valence-electron chi connectivity index (χ0n) is 10.7. The van der Waals surface area contributed by atoms with Crippen molar-refractivity contribution in [3.05, 3.63) is 18.1 Å². The summed E-state index contributed by atoms with van der Waals surface area (Å²) in [5.41, 5.74) is 0.873. The number of hydrogen-bond donors (Lipinski definition) is 1. The molecule has 0 spiro atoms. The van der Waals surface area contributed by atoms with Crippen LogP contribution in [-0.4, -0.2) is 28.3 Å². The van der Waals surface area contributed by atoms with E-state index in [9.17, 15) is 5.11 Å². The van der Waals surface area contributed by atoms with Crippen LogP contribution in [0.15, 0.2) is 12.4 Å². The maximum Gasteiger partial charge on any atom is 0.216 e. The molecule has 4 heteroatoms. The summed E-state index contributed by atoms with van der Waals surface area (Å²) in [5, 5.41) is 10.3. The predicted molar refractivity (Wildman–Crippen MR) is 67.2 cm³/mol. The van der Waals surface area contributed by atoms with Crippen molar-refractivity contribution in [2.75, 3.05) is 7.11 Å². The van der Waals surface area contributed by atoms with E-state index in [-0.39, 0.29) is 6.10 Å². The van der Waals surface area contributed by atoms with Gasteiger partial charge in [0.2, 0.25) is 5.88 Å². The van der Waals surface area contributed by atoms with Gasteiger partial charge in [0.15, 0.2) is 0 Å². The van der Waals surface area contributed by atoms with Gasteiger partial charge in [-0.05, 0) is 30.6 Å². The summed E-state index contributed by atoms with van der Waals surface area (Å²) >= 11 is 0. The molecule has 1 aromatic rings. The fourth-order valence-electron chi connectivity index (χ4n) is 3.57. The standard InChI is InChI=1S/C14H20N2O2/c1-18-13-7-9(15-8-16-13)6-12(17)14-10-4-2-3-5-11(10)14/h7-8,10-12,14,17H,2-6H2,1H3. The van der Waals surface area contributed by atoms with Crippen LogP contribution in [0.2, 0.25) is 0 Å². The van der Waals surface area contributed by atoms with E-state index in [4.69, 9.17) is 4.74 Å². The van der Waals surface area contributed by atoms with Crippen molar-refractivity contribution in [1.29, 1.82) is 0 Å². The maximum atomic E-state index is 10.3. The molecule has 3 unspecified atom stereocenters. The number of aliphatic hydroxyl groups is 1. The molecule has 1 N–H and O–H groups in total. The second kappa shape index (κ2) is 4.84. The summed E-state index contributed by atoms with van der Waals surface area (Å²) in [5.74, 6) is 2.63. The molecule has 2 fully saturated rings. The summed E-state index contributed by atoms with van der Waals surface area (Å²) in [7, 11) is 1.60. The lowest BCUT2D eigenvalue weighted by molar-refractivity contribution is 0.139. The van der Waals surface area contributed by atoms with Crippen LogP contribution in [0.25, 0.3) is 0 Å². The third-order valence-electron chi connectivity index (χ3n) is 4.49. The topological polar surface area (TPSA) is 55.2 Å². The number of nitrogens with zero attached hydrogens (tertiary/aromatic N) is 2. The summed E-state index contributed by atoms with van der Waals surface area (Å²) in [6.45, 7) is 0. The Morgan fingerprint density at radius 3 is 2.72 bits per heavy atom. The van der Waals surface area contributed by atoms with Crippen LogP contribution in [0.4, 0.5) is 0 Å². The zero-order valence-corrected chi connectivity index (χ0v) is 10.7. The molecule has 1 aromatic heterocycles. The SMILES string of the molecule is COc1cc(CC(O)C2C3CCCCC32)ncn1. The second-order valence-electron chi connectivity index (χ2n) is 5.51. The molecule has 0 radical (unpaired) electrons. The van der Waals surface area contributed by atoms with Gasteiger partial charge in [-0.2, -0.15) is 0 Å². The third kappa shape index (κ3) is 2.21. The minimum absolute atomic E-state index is 0.252. The van der Waals surface area contributed by atoms with Gasteiger partial charge in [0.1, 0.15) is 6.33 Å². The molecule has 2 aliphatic carbocycles. The summed E-state index contributed by atoms with van der Waals surface area (Å²) in [4.78, 5) is 8.19. The van der Waals surface area contributed by atoms with E-state index >= 15 is 0 Å². The summed E-state index contributed by atoms with van der Waals surface area (Å²) in [6, 6.07) is 1.81. The van der Waals surface area contributed by atoms with Crippen LogP contribution in [0.1, 0.15) is 31.4 Å². The highest BCUT2D eigenvalue weighted by Crippen LogP contribution is 2.57. The molecule has 2 saturated carbocycles. The first-order chi connectivity index (χ1) is 8.79. The van der Waals surface area contributed by atoms with Gasteiger partial charge in [0.05, 0.1) is 18.9 Å². The van der Waals surface area contributed by atoms with Crippen LogP contribution in [0.3, 0.4) is 0 Å². The van der Waals surface area contributed by atoms with Crippen molar-refractivity contribution in [2.45, 2.75) is 38.2 Å². The monoisotopic (exact) mass is 248 g/mol. The Balaban J connectivity index is 1.62. The van der Waals surface area contributed by atoms with Crippen LogP contribution in [0.5, 0.6) is 5.88 Å². The molecule has 0 aromatic carbocycles. The Hall–Kier alpha value is -1.16. The molecule has 0 saturated heterocycles. The lowest BCUT2D eigenvalue weighted by Gasteiger charge is -2.10. The van der Waals surface area contributed by atoms with Gasteiger partial charge in [-0.3, -0.25) is 0 Å². The van der Waals surface area contributed by atoms with E-state index < -0.39 is 0 Å². The third-order valence-corrected chi connectivity index (χ3v) is 4.49. The minimum atomic E-state index is -0.252. The first kappa shape index (κ1) is 11.9. The lowest BCUT2D eigenvalue weighted by atomic mass is 10.0. The second-order valence-corrected chi connectivity index (χ2v) is 5.51. The zero-order chi connectivity index (χ0) is 12.5. The van der Waals surface area contributed by atoms with Gasteiger partial charge in [-0.15, -0.1) is 0 Å². The van der Waals surface area contributed by atoms with Crippen LogP contribution >= 0.6 is 0 Å². The normalized spacial score (nSPS) is 31.6. The number of ether oxygens (including phenoxy) is 1. The van der Waals surface area contributed by atoms with E-state index in [1.165, 1.54) is 32.0 Å². The quantitative estimate of drug-likeness (QED) is 0.883. The highest BCUT2D eigenvalue weighted by Gasteiger charge is 2.53. The van der Waals surface area contributed by atoms with Crippen molar-refractivity contribution in [1.82, 2.24) is 9.97 Å². The van der Waals surface area contributed by atoms with E-state index in [0.717, 1.165) is 17.5 Å². The van der Waals surface area contributed by atoms with Gasteiger partial charge in [0, 0.05) is 12.5 Å². The summed E-state index contributed by atoms with van der Waals surface area (Å²) in [6.07, 6.45) is 7.16.